The minimum Gasteiger partial charge on any atom is -0.493 e. The average Bonchev–Trinajstić information content (AvgIpc) is 3.12. The summed E-state index contributed by atoms with van der Waals surface area (Å²) in [5, 5.41) is 20.6. The molecule has 1 spiro atoms. The van der Waals surface area contributed by atoms with Gasteiger partial charge in [0.05, 0.1) is 29.3 Å². The van der Waals surface area contributed by atoms with Crippen LogP contribution in [0.5, 0.6) is 11.5 Å². The van der Waals surface area contributed by atoms with Crippen molar-refractivity contribution in [2.45, 2.75) is 42.4 Å². The van der Waals surface area contributed by atoms with Crippen LogP contribution in [0.2, 0.25) is 0 Å². The summed E-state index contributed by atoms with van der Waals surface area (Å²) < 4.78 is 12.4. The molecular formula is C25H25N3O3. The molecule has 4 aliphatic rings. The van der Waals surface area contributed by atoms with E-state index in [1.165, 1.54) is 5.56 Å². The highest BCUT2D eigenvalue weighted by Crippen LogP contribution is 2.68. The number of ether oxygens (including phenoxy) is 2. The molecular weight excluding hydrogens is 390 g/mol. The molecule has 3 N–H and O–H groups in total. The number of benzene rings is 2. The number of hydrogen-bond donors (Lipinski definition) is 3. The van der Waals surface area contributed by atoms with E-state index in [9.17, 15) is 5.11 Å². The van der Waals surface area contributed by atoms with Crippen molar-refractivity contribution in [3.63, 3.8) is 0 Å². The third-order valence-electron chi connectivity index (χ3n) is 8.21. The summed E-state index contributed by atoms with van der Waals surface area (Å²) in [4.78, 5) is 5.13. The number of anilines is 1. The molecule has 31 heavy (non-hydrogen) atoms. The molecule has 2 bridgehead atoms. The van der Waals surface area contributed by atoms with E-state index in [-0.39, 0.29) is 12.1 Å². The van der Waals surface area contributed by atoms with Gasteiger partial charge in [-0.25, -0.2) is 4.98 Å². The quantitative estimate of drug-likeness (QED) is 0.598. The first-order chi connectivity index (χ1) is 15.1. The van der Waals surface area contributed by atoms with Crippen LogP contribution >= 0.6 is 0 Å². The van der Waals surface area contributed by atoms with Crippen LogP contribution in [0.1, 0.15) is 34.9 Å². The van der Waals surface area contributed by atoms with Gasteiger partial charge in [0.15, 0.2) is 17.6 Å². The van der Waals surface area contributed by atoms with Crippen LogP contribution in [0, 0.1) is 0 Å². The van der Waals surface area contributed by atoms with E-state index in [2.05, 4.69) is 28.8 Å². The smallest absolute Gasteiger partial charge is 0.166 e. The van der Waals surface area contributed by atoms with E-state index < -0.39 is 11.0 Å². The zero-order valence-electron chi connectivity index (χ0n) is 17.7. The minimum absolute atomic E-state index is 0.0245. The standard InChI is InChI=1S/C25H25N3O3/c1-26-20-14-5-3-4-6-16(14)28-21-15(20)12-25(29)18-11-13-7-8-17(30-2)22-19(13)24(25,9-10-27-18)23(21)31-22/h3-8,18,23,27,29H,9-12H2,1-2H3,(H,26,28)/t18?,23?,24-,25?/m0/s1. The zero-order valence-corrected chi connectivity index (χ0v) is 17.7. The van der Waals surface area contributed by atoms with Gasteiger partial charge < -0.3 is 25.2 Å². The van der Waals surface area contributed by atoms with Crippen molar-refractivity contribution in [2.75, 3.05) is 26.0 Å². The summed E-state index contributed by atoms with van der Waals surface area (Å²) in [7, 11) is 3.63. The van der Waals surface area contributed by atoms with E-state index in [1.54, 1.807) is 7.11 Å². The van der Waals surface area contributed by atoms with Gasteiger partial charge in [-0.1, -0.05) is 24.3 Å². The molecule has 3 aromatic rings. The number of piperidine rings is 1. The Labute approximate surface area is 180 Å². The summed E-state index contributed by atoms with van der Waals surface area (Å²) in [6.07, 6.45) is 1.80. The second-order valence-corrected chi connectivity index (χ2v) is 9.28. The Morgan fingerprint density at radius 2 is 2.13 bits per heavy atom. The predicted octanol–water partition coefficient (Wildman–Crippen LogP) is 2.86. The van der Waals surface area contributed by atoms with E-state index in [0.29, 0.717) is 6.42 Å². The Morgan fingerprint density at radius 1 is 1.26 bits per heavy atom. The minimum atomic E-state index is -0.955. The normalized spacial score (nSPS) is 31.6. The number of methoxy groups -OCH3 is 1. The van der Waals surface area contributed by atoms with Crippen molar-refractivity contribution < 1.29 is 14.6 Å². The van der Waals surface area contributed by atoms with Gasteiger partial charge in [-0.2, -0.15) is 0 Å². The van der Waals surface area contributed by atoms with Crippen LogP contribution < -0.4 is 20.1 Å². The number of fused-ring (bicyclic) bond motifs is 3. The summed E-state index contributed by atoms with van der Waals surface area (Å²) >= 11 is 0. The summed E-state index contributed by atoms with van der Waals surface area (Å²) in [6, 6.07) is 12.3. The molecule has 0 radical (unpaired) electrons. The molecule has 158 valence electrons. The molecule has 1 aromatic heterocycles. The number of pyridine rings is 1. The van der Waals surface area contributed by atoms with E-state index >= 15 is 0 Å². The Morgan fingerprint density at radius 3 is 2.97 bits per heavy atom. The summed E-state index contributed by atoms with van der Waals surface area (Å²) in [5.41, 5.74) is 4.91. The van der Waals surface area contributed by atoms with Crippen molar-refractivity contribution in [3.05, 3.63) is 58.8 Å². The lowest BCUT2D eigenvalue weighted by Crippen LogP contribution is -2.74. The van der Waals surface area contributed by atoms with E-state index in [4.69, 9.17) is 14.5 Å². The monoisotopic (exact) mass is 415 g/mol. The fourth-order valence-corrected chi connectivity index (χ4v) is 6.98. The van der Waals surface area contributed by atoms with Crippen molar-refractivity contribution in [1.29, 1.82) is 0 Å². The second-order valence-electron chi connectivity index (χ2n) is 9.28. The molecule has 6 heteroatoms. The maximum atomic E-state index is 12.5. The van der Waals surface area contributed by atoms with Crippen molar-refractivity contribution in [3.8, 4) is 11.5 Å². The average molecular weight is 415 g/mol. The van der Waals surface area contributed by atoms with Gasteiger partial charge in [-0.15, -0.1) is 0 Å². The number of aromatic nitrogens is 1. The lowest BCUT2D eigenvalue weighted by atomic mass is 9.49. The third kappa shape index (κ3) is 1.86. The number of rotatable bonds is 2. The Hall–Kier alpha value is -2.83. The predicted molar refractivity (Wildman–Crippen MR) is 118 cm³/mol. The summed E-state index contributed by atoms with van der Waals surface area (Å²) in [6.45, 7) is 0.852. The lowest BCUT2D eigenvalue weighted by molar-refractivity contribution is -0.134. The zero-order chi connectivity index (χ0) is 21.0. The van der Waals surface area contributed by atoms with Gasteiger partial charge >= 0.3 is 0 Å². The number of aliphatic hydroxyl groups is 1. The number of nitrogens with one attached hydrogen (secondary N) is 2. The number of nitrogens with zero attached hydrogens (tertiary/aromatic N) is 1. The highest BCUT2D eigenvalue weighted by molar-refractivity contribution is 5.94. The molecule has 2 aliphatic carbocycles. The fraction of sp³-hybridized carbons (Fsp3) is 0.400. The van der Waals surface area contributed by atoms with Crippen LogP contribution in [-0.2, 0) is 18.3 Å². The van der Waals surface area contributed by atoms with Crippen LogP contribution in [0.15, 0.2) is 36.4 Å². The van der Waals surface area contributed by atoms with E-state index in [1.807, 2.05) is 25.2 Å². The van der Waals surface area contributed by atoms with Gasteiger partial charge in [-0.05, 0) is 37.1 Å². The van der Waals surface area contributed by atoms with Gasteiger partial charge in [0.1, 0.15) is 0 Å². The summed E-state index contributed by atoms with van der Waals surface area (Å²) in [5.74, 6) is 1.52. The second kappa shape index (κ2) is 5.69. The molecule has 7 rings (SSSR count). The van der Waals surface area contributed by atoms with Crippen molar-refractivity contribution in [2.24, 2.45) is 0 Å². The molecule has 3 unspecified atom stereocenters. The Kier molecular flexibility index (Phi) is 3.27. The largest absolute Gasteiger partial charge is 0.493 e. The molecule has 4 atom stereocenters. The first-order valence-electron chi connectivity index (χ1n) is 11.0. The molecule has 0 amide bonds. The Balaban J connectivity index is 1.60. The third-order valence-corrected chi connectivity index (χ3v) is 8.21. The maximum Gasteiger partial charge on any atom is 0.166 e. The van der Waals surface area contributed by atoms with Gasteiger partial charge in [0, 0.05) is 41.7 Å². The first kappa shape index (κ1) is 17.8. The maximum absolute atomic E-state index is 12.5. The SMILES string of the molecule is CNc1c2c(nc3ccccc13)C1Oc3c(OC)ccc4c3[C@@]13CCNC(C4)C3(O)C2. The molecule has 3 heterocycles. The highest BCUT2D eigenvalue weighted by atomic mass is 16.5. The molecule has 1 saturated heterocycles. The number of hydrogen-bond acceptors (Lipinski definition) is 6. The van der Waals surface area contributed by atoms with Gasteiger partial charge in [0.25, 0.3) is 0 Å². The number of para-hydroxylation sites is 1. The topological polar surface area (TPSA) is 75.6 Å². The van der Waals surface area contributed by atoms with Crippen molar-refractivity contribution >= 4 is 16.6 Å². The van der Waals surface area contributed by atoms with Crippen LogP contribution in [0.4, 0.5) is 5.69 Å². The highest BCUT2D eigenvalue weighted by Gasteiger charge is 2.71. The van der Waals surface area contributed by atoms with Gasteiger partial charge in [-0.3, -0.25) is 0 Å². The van der Waals surface area contributed by atoms with Crippen LogP contribution in [0.3, 0.4) is 0 Å². The van der Waals surface area contributed by atoms with Gasteiger partial charge in [0.2, 0.25) is 0 Å². The molecule has 1 fully saturated rings. The molecule has 6 nitrogen and oxygen atoms in total. The lowest BCUT2D eigenvalue weighted by Gasteiger charge is -2.60. The van der Waals surface area contributed by atoms with E-state index in [0.717, 1.165) is 64.3 Å². The van der Waals surface area contributed by atoms with Crippen LogP contribution in [-0.4, -0.2) is 42.4 Å². The molecule has 2 aliphatic heterocycles. The fourth-order valence-electron chi connectivity index (χ4n) is 6.98. The van der Waals surface area contributed by atoms with Crippen molar-refractivity contribution in [1.82, 2.24) is 10.3 Å². The van der Waals surface area contributed by atoms with Crippen LogP contribution in [0.25, 0.3) is 10.9 Å². The molecule has 2 aromatic carbocycles. The molecule has 0 saturated carbocycles. The first-order valence-corrected chi connectivity index (χ1v) is 11.0. The Bertz CT molecular complexity index is 1270.